The molecule has 24 rings (SSSR count). The molecule has 0 amide bonds. The van der Waals surface area contributed by atoms with Crippen LogP contribution in [0.3, 0.4) is 0 Å². The Bertz CT molecular complexity index is 8220. The van der Waals surface area contributed by atoms with Gasteiger partial charge in [-0.15, -0.1) is 0 Å². The highest BCUT2D eigenvalue weighted by atomic mass is 16.5. The molecule has 0 aliphatic carbocycles. The van der Waals surface area contributed by atoms with Gasteiger partial charge in [-0.1, -0.05) is 0 Å². The van der Waals surface area contributed by atoms with Crippen molar-refractivity contribution < 1.29 is 9.47 Å². The van der Waals surface area contributed by atoms with Crippen LogP contribution in [0.25, 0.3) is 118 Å². The molecule has 4 N–H and O–H groups in total. The molecule has 0 bridgehead atoms. The summed E-state index contributed by atoms with van der Waals surface area (Å²) in [6, 6.07) is 41.3. The van der Waals surface area contributed by atoms with Gasteiger partial charge in [-0.05, 0) is 190 Å². The van der Waals surface area contributed by atoms with Crippen LogP contribution in [0.2, 0.25) is 0 Å². The first kappa shape index (κ1) is 93.0. The average molecular weight is 1900 g/mol. The molecule has 0 spiro atoms. The van der Waals surface area contributed by atoms with Crippen LogP contribution in [-0.4, -0.2) is 228 Å². The summed E-state index contributed by atoms with van der Waals surface area (Å²) in [5, 5.41) is 22.8. The van der Waals surface area contributed by atoms with Gasteiger partial charge in [0.15, 0.2) is 22.8 Å². The lowest BCUT2D eigenvalue weighted by molar-refractivity contribution is 0.355. The molecule has 0 saturated carbocycles. The number of nitrogens with zero attached hydrogens (tertiary/aromatic N) is 27. The van der Waals surface area contributed by atoms with Crippen LogP contribution in [0.4, 0.5) is 22.7 Å². The first-order chi connectivity index (χ1) is 68.7. The number of hydrogen-bond donors (Lipinski definition) is 4. The number of anilines is 4. The van der Waals surface area contributed by atoms with Crippen molar-refractivity contribution in [3.63, 3.8) is 0 Å². The number of hydrogen-bond acceptors (Lipinski definition) is 29. The Morgan fingerprint density at radius 1 is 0.296 bits per heavy atom. The molecule has 2 atom stereocenters. The van der Waals surface area contributed by atoms with Gasteiger partial charge >= 0.3 is 0 Å². The van der Waals surface area contributed by atoms with Crippen molar-refractivity contribution in [2.24, 2.45) is 0 Å². The van der Waals surface area contributed by atoms with E-state index in [-0.39, 0.29) is 27.8 Å². The van der Waals surface area contributed by atoms with Gasteiger partial charge < -0.3 is 59.1 Å². The van der Waals surface area contributed by atoms with Crippen LogP contribution in [0, 0.1) is 62.3 Å². The molecule has 38 heteroatoms. The summed E-state index contributed by atoms with van der Waals surface area (Å²) in [7, 11) is 3.16. The van der Waals surface area contributed by atoms with Crippen LogP contribution in [0.15, 0.2) is 232 Å². The zero-order valence-electron chi connectivity index (χ0n) is 81.1. The lowest BCUT2D eigenvalue weighted by Crippen LogP contribution is -2.49. The molecule has 4 fully saturated rings. The molecule has 20 aromatic rings. The molecular weight excluding hydrogens is 1800 g/mol. The molecule has 4 aliphatic rings. The molecule has 0 unspecified atom stereocenters. The molecule has 23 heterocycles. The van der Waals surface area contributed by atoms with E-state index >= 15 is 0 Å². The Morgan fingerprint density at radius 2 is 0.655 bits per heavy atom. The summed E-state index contributed by atoms with van der Waals surface area (Å²) in [6.45, 7) is 34.9. The van der Waals surface area contributed by atoms with E-state index < -0.39 is 0 Å². The van der Waals surface area contributed by atoms with E-state index in [4.69, 9.17) is 19.4 Å². The number of benzene rings is 1. The highest BCUT2D eigenvalue weighted by molar-refractivity contribution is 5.73. The third-order valence-corrected chi connectivity index (χ3v) is 25.6. The number of aryl methyl sites for hydroxylation is 9. The smallest absolute Gasteiger partial charge is 0.258 e. The summed E-state index contributed by atoms with van der Waals surface area (Å²) in [5.74, 6) is 1.21. The average Bonchev–Trinajstić information content (AvgIpc) is 1.74. The van der Waals surface area contributed by atoms with E-state index in [1.165, 1.54) is 6.07 Å². The van der Waals surface area contributed by atoms with Gasteiger partial charge in [0.05, 0.1) is 134 Å². The molecule has 720 valence electrons. The van der Waals surface area contributed by atoms with Gasteiger partial charge in [0, 0.05) is 207 Å². The summed E-state index contributed by atoms with van der Waals surface area (Å²) in [5.41, 5.74) is 26.3. The Hall–Kier alpha value is -16.7. The van der Waals surface area contributed by atoms with Crippen molar-refractivity contribution in [1.82, 2.24) is 131 Å². The van der Waals surface area contributed by atoms with Crippen molar-refractivity contribution in [1.29, 1.82) is 0 Å². The predicted octanol–water partition coefficient (Wildman–Crippen LogP) is 10.2. The van der Waals surface area contributed by atoms with E-state index in [2.05, 4.69) is 115 Å². The molecule has 4 aliphatic heterocycles. The largest absolute Gasteiger partial charge is 0.493 e. The molecule has 4 saturated heterocycles. The van der Waals surface area contributed by atoms with Crippen LogP contribution in [0.5, 0.6) is 11.5 Å². The first-order valence-corrected chi connectivity index (χ1v) is 47.3. The summed E-state index contributed by atoms with van der Waals surface area (Å²) >= 11 is 0. The normalized spacial score (nSPS) is 15.1. The fourth-order valence-electron chi connectivity index (χ4n) is 18.6. The van der Waals surface area contributed by atoms with Crippen molar-refractivity contribution >= 4 is 73.3 Å². The van der Waals surface area contributed by atoms with Gasteiger partial charge in [0.25, 0.3) is 27.8 Å². The number of aromatic nitrogens is 23. The Labute approximate surface area is 813 Å². The molecule has 38 nitrogen and oxygen atoms in total. The summed E-state index contributed by atoms with van der Waals surface area (Å²) in [6.07, 6.45) is 22.5. The van der Waals surface area contributed by atoms with Gasteiger partial charge in [-0.25, -0.2) is 43.9 Å². The van der Waals surface area contributed by atoms with Gasteiger partial charge in [0.1, 0.15) is 51.0 Å². The number of nitrogens with one attached hydrogen (secondary N) is 4. The summed E-state index contributed by atoms with van der Waals surface area (Å²) < 4.78 is 26.1. The Kier molecular flexibility index (Phi) is 25.7. The number of ether oxygens (including phenoxy) is 2. The molecular formula is C104H107N31O7. The minimum absolute atomic E-state index is 0.111. The molecule has 142 heavy (non-hydrogen) atoms. The van der Waals surface area contributed by atoms with Crippen molar-refractivity contribution in [3.05, 3.63) is 311 Å². The van der Waals surface area contributed by atoms with E-state index in [0.29, 0.717) is 103 Å². The second kappa shape index (κ2) is 39.3. The van der Waals surface area contributed by atoms with E-state index in [9.17, 15) is 24.0 Å². The van der Waals surface area contributed by atoms with Crippen molar-refractivity contribution in [2.75, 3.05) is 125 Å². The zero-order chi connectivity index (χ0) is 98.4. The van der Waals surface area contributed by atoms with Crippen LogP contribution < -0.4 is 78.1 Å². The minimum Gasteiger partial charge on any atom is -0.493 e. The Morgan fingerprint density at radius 3 is 1.06 bits per heavy atom. The minimum atomic E-state index is -0.151. The lowest BCUT2D eigenvalue weighted by atomic mass is 10.1. The fraction of sp³-hybridized carbons (Fsp3) is 0.279. The zero-order valence-corrected chi connectivity index (χ0v) is 81.1. The third kappa shape index (κ3) is 19.5. The number of imidazole rings is 2. The third-order valence-electron chi connectivity index (χ3n) is 25.6. The maximum absolute atomic E-state index is 12.9. The Balaban J connectivity index is 0.000000109. The van der Waals surface area contributed by atoms with Gasteiger partial charge in [-0.3, -0.25) is 70.9 Å². The van der Waals surface area contributed by atoms with Crippen LogP contribution in [0.1, 0.15) is 65.1 Å². The van der Waals surface area contributed by atoms with Gasteiger partial charge in [0.2, 0.25) is 0 Å². The molecule has 19 aromatic heterocycles. The number of rotatable bonds is 12. The highest BCUT2D eigenvalue weighted by Gasteiger charge is 2.25. The topological polar surface area (TPSA) is 385 Å². The molecule has 0 radical (unpaired) electrons. The standard InChI is InChI=1S/C22H19N3O3.2C21H23N7O.2C20H21N7O/c1-14-10-15(8-9-23-14)17-5-7-21-24-18(12-22(26)25(21)13-17)16-4-6-19(27-2)20(11-16)28-3;1-13-10-26(7-6-22-13)16-4-5-20-24-17(9-21(29)27(20)12-16)18-8-19-15(3)23-14(2)11-28(19)25-18;1-13-9-26(7-6-22-13)16-4-5-19-24-17(8-20(29)28(19)11-16)18-12-27-10-14(2)23-15(3)21(27)25-18;1-13-11-27-18(14(2)22-13)9-17(24-27)16-10-20(28)26-12-15(3-4-19(26)23-16)25-7-5-21-6-8-25;1-13-10-26-12-17(24-20(26)14(2)22-13)16-9-19(28)27-11-15(3-4-18(27)23-16)25-7-5-21-6-8-25/h4-13H,1-3H3;4-5,8-9,11-13,22H,6-7,10H2,1-3H3;4-5,8,10-13,22H,6-7,9H2,1-3H3;2*3-4,9-12,21H,5-8H2,1-2H3/t;2*13-;;/m.00../s1. The lowest BCUT2D eigenvalue weighted by Gasteiger charge is -2.33. The van der Waals surface area contributed by atoms with E-state index in [1.54, 1.807) is 88.0 Å². The van der Waals surface area contributed by atoms with Crippen molar-refractivity contribution in [3.8, 4) is 79.4 Å². The number of piperazine rings is 4. The second-order valence-electron chi connectivity index (χ2n) is 36.1. The van der Waals surface area contributed by atoms with Crippen molar-refractivity contribution in [2.45, 2.75) is 88.2 Å². The van der Waals surface area contributed by atoms with Gasteiger partial charge in [-0.2, -0.15) is 10.2 Å². The predicted molar refractivity (Wildman–Crippen MR) is 549 cm³/mol. The van der Waals surface area contributed by atoms with Crippen LogP contribution in [-0.2, 0) is 0 Å². The van der Waals surface area contributed by atoms with Crippen LogP contribution >= 0.6 is 0 Å². The fourth-order valence-corrected chi connectivity index (χ4v) is 18.6. The van der Waals surface area contributed by atoms with E-state index in [0.717, 1.165) is 205 Å². The first-order valence-electron chi connectivity index (χ1n) is 47.3. The maximum Gasteiger partial charge on any atom is 0.258 e. The monoisotopic (exact) mass is 1900 g/mol. The quantitative estimate of drug-likeness (QED) is 0.0883. The number of fused-ring (bicyclic) bond motifs is 9. The SMILES string of the molecule is COc1ccc(-c2cc(=O)n3cc(-c4ccnc(C)c4)ccc3n2)cc1OC.Cc1cn2cc(-c3cc(=O)n4cc(N5CCNCC5)ccc4n3)nc2c(C)n1.Cc1cn2cc(-c3cc(=O)n4cc(N5CCN[C@@H](C)C5)ccc4n3)nc2c(C)n1.Cc1cn2nc(-c3cc(=O)n4cc(N5CCNCC5)ccc4n3)cc2c(C)n1.Cc1cn2nc(-c3cc(=O)n4cc(N5CCN[C@@H](C)C5)ccc4n3)cc2c(C)n1. The number of methoxy groups -OCH3 is 2. The molecule has 1 aromatic carbocycles. The number of pyridine rings is 6. The maximum atomic E-state index is 12.9. The van der Waals surface area contributed by atoms with E-state index in [1.807, 2.05) is 230 Å². The highest BCUT2D eigenvalue weighted by Crippen LogP contribution is 2.34. The second-order valence-corrected chi connectivity index (χ2v) is 36.1. The summed E-state index contributed by atoms with van der Waals surface area (Å²) in [4.78, 5) is 128.